The molecule has 1 aromatic rings. The lowest BCUT2D eigenvalue weighted by molar-refractivity contribution is 0.159. The molecule has 0 aliphatic carbocycles. The lowest BCUT2D eigenvalue weighted by Gasteiger charge is -2.19. The summed E-state index contributed by atoms with van der Waals surface area (Å²) in [5.41, 5.74) is 0.354. The third-order valence-corrected chi connectivity index (χ3v) is 4.41. The zero-order chi connectivity index (χ0) is 16.0. The van der Waals surface area contributed by atoms with E-state index in [0.717, 1.165) is 0 Å². The van der Waals surface area contributed by atoms with E-state index in [1.807, 2.05) is 0 Å². The molecule has 0 aliphatic rings. The quantitative estimate of drug-likeness (QED) is 0.403. The molecule has 0 heterocycles. The number of halogens is 4. The van der Waals surface area contributed by atoms with Gasteiger partial charge in [-0.05, 0) is 32.0 Å². The maximum absolute atomic E-state index is 12.4. The summed E-state index contributed by atoms with van der Waals surface area (Å²) in [5, 5.41) is 0.687. The van der Waals surface area contributed by atoms with E-state index in [9.17, 15) is 4.57 Å². The van der Waals surface area contributed by atoms with Gasteiger partial charge in [-0.15, -0.1) is 0 Å². The summed E-state index contributed by atoms with van der Waals surface area (Å²) in [5.74, 6) is -0.0898. The molecule has 4 nitrogen and oxygen atoms in total. The van der Waals surface area contributed by atoms with E-state index >= 15 is 0 Å². The maximum Gasteiger partial charge on any atom is 0.530 e. The van der Waals surface area contributed by atoms with Crippen LogP contribution in [0.3, 0.4) is 0 Å². The van der Waals surface area contributed by atoms with E-state index in [4.69, 9.17) is 60.0 Å². The molecule has 0 aliphatic heterocycles. The lowest BCUT2D eigenvalue weighted by atomic mass is 10.2. The third-order valence-electron chi connectivity index (χ3n) is 2.07. The van der Waals surface area contributed by atoms with Gasteiger partial charge >= 0.3 is 7.82 Å². The fourth-order valence-corrected chi connectivity index (χ4v) is 3.56. The zero-order valence-electron chi connectivity index (χ0n) is 11.2. The Balaban J connectivity index is 3.19. The van der Waals surface area contributed by atoms with Crippen LogP contribution < -0.4 is 0 Å². The zero-order valence-corrected chi connectivity index (χ0v) is 15.2. The van der Waals surface area contributed by atoms with Crippen LogP contribution in [0.4, 0.5) is 0 Å². The summed E-state index contributed by atoms with van der Waals surface area (Å²) in [6.07, 6.45) is 0. The predicted octanol–water partition coefficient (Wildman–Crippen LogP) is 6.29. The largest absolute Gasteiger partial charge is 0.530 e. The first kappa shape index (κ1) is 19.1. The van der Waals surface area contributed by atoms with Gasteiger partial charge in [0.05, 0.1) is 13.2 Å². The molecular formula is C12H13Cl4O4P. The highest BCUT2D eigenvalue weighted by Crippen LogP contribution is 2.54. The molecule has 9 heteroatoms. The molecule has 0 saturated heterocycles. The van der Waals surface area contributed by atoms with Crippen molar-refractivity contribution in [1.82, 2.24) is 0 Å². The Bertz CT molecular complexity index is 542. The summed E-state index contributed by atoms with van der Waals surface area (Å²) in [7, 11) is -3.84. The smallest absolute Gasteiger partial charge is 0.401 e. The second kappa shape index (κ2) is 8.64. The van der Waals surface area contributed by atoms with Gasteiger partial charge in [0, 0.05) is 15.6 Å². The van der Waals surface area contributed by atoms with Crippen molar-refractivity contribution in [3.05, 3.63) is 38.3 Å². The normalized spacial score (nSPS) is 11.3. The molecule has 118 valence electrons. The first-order valence-corrected chi connectivity index (χ1v) is 8.89. The van der Waals surface area contributed by atoms with Crippen molar-refractivity contribution in [3.63, 3.8) is 0 Å². The van der Waals surface area contributed by atoms with Crippen LogP contribution in [0.1, 0.15) is 19.4 Å². The summed E-state index contributed by atoms with van der Waals surface area (Å²) in [6, 6.07) is 4.54. The molecule has 0 bridgehead atoms. The second-order valence-corrected chi connectivity index (χ2v) is 7.04. The highest BCUT2D eigenvalue weighted by atomic mass is 35.5. The van der Waals surface area contributed by atoms with Crippen molar-refractivity contribution in [1.29, 1.82) is 0 Å². The second-order valence-electron chi connectivity index (χ2n) is 3.62. The number of phosphoric acid groups is 1. The van der Waals surface area contributed by atoms with Crippen molar-refractivity contribution in [2.75, 3.05) is 13.2 Å². The van der Waals surface area contributed by atoms with Gasteiger partial charge in [-0.3, -0.25) is 9.05 Å². The summed E-state index contributed by atoms with van der Waals surface area (Å²) >= 11 is 23.4. The topological polar surface area (TPSA) is 44.8 Å². The van der Waals surface area contributed by atoms with E-state index in [0.29, 0.717) is 15.6 Å². The van der Waals surface area contributed by atoms with Crippen molar-refractivity contribution in [3.8, 4) is 0 Å². The summed E-state index contributed by atoms with van der Waals surface area (Å²) in [4.78, 5) is 0. The average Bonchev–Trinajstić information content (AvgIpc) is 2.35. The molecule has 0 unspecified atom stereocenters. The van der Waals surface area contributed by atoms with Crippen molar-refractivity contribution in [2.24, 2.45) is 0 Å². The highest BCUT2D eigenvalue weighted by molar-refractivity contribution is 7.48. The van der Waals surface area contributed by atoms with Crippen LogP contribution >= 0.6 is 54.2 Å². The van der Waals surface area contributed by atoms with Crippen molar-refractivity contribution >= 4 is 60.0 Å². The van der Waals surface area contributed by atoms with Gasteiger partial charge in [-0.25, -0.2) is 4.57 Å². The van der Waals surface area contributed by atoms with Crippen LogP contribution in [0.25, 0.3) is 5.76 Å². The van der Waals surface area contributed by atoms with Gasteiger partial charge in [0.1, 0.15) is 4.49 Å². The number of rotatable bonds is 7. The van der Waals surface area contributed by atoms with Gasteiger partial charge in [0.15, 0.2) is 5.76 Å². The Morgan fingerprint density at radius 3 is 1.90 bits per heavy atom. The van der Waals surface area contributed by atoms with Gasteiger partial charge in [-0.2, -0.15) is 0 Å². The minimum absolute atomic E-state index is 0.0898. The van der Waals surface area contributed by atoms with E-state index in [1.165, 1.54) is 18.2 Å². The molecule has 0 spiro atoms. The maximum atomic E-state index is 12.4. The van der Waals surface area contributed by atoms with E-state index in [1.54, 1.807) is 13.8 Å². The van der Waals surface area contributed by atoms with E-state index in [-0.39, 0.29) is 23.5 Å². The Hall–Kier alpha value is 0.0700. The molecule has 0 fully saturated rings. The molecule has 0 radical (unpaired) electrons. The number of phosphoric ester groups is 1. The van der Waals surface area contributed by atoms with E-state index in [2.05, 4.69) is 0 Å². The van der Waals surface area contributed by atoms with Gasteiger partial charge < -0.3 is 4.52 Å². The van der Waals surface area contributed by atoms with Gasteiger partial charge in [0.25, 0.3) is 0 Å². The Kier molecular flexibility index (Phi) is 7.86. The molecule has 0 atom stereocenters. The molecule has 1 rings (SSSR count). The minimum atomic E-state index is -3.84. The van der Waals surface area contributed by atoms with Crippen LogP contribution in [-0.4, -0.2) is 13.2 Å². The Morgan fingerprint density at radius 2 is 1.52 bits per heavy atom. The van der Waals surface area contributed by atoms with Crippen LogP contribution in [0, 0.1) is 0 Å². The van der Waals surface area contributed by atoms with Crippen LogP contribution in [-0.2, 0) is 18.1 Å². The fourth-order valence-electron chi connectivity index (χ4n) is 1.40. The molecule has 21 heavy (non-hydrogen) atoms. The van der Waals surface area contributed by atoms with Crippen LogP contribution in [0.5, 0.6) is 0 Å². The first-order valence-electron chi connectivity index (χ1n) is 5.91. The first-order chi connectivity index (χ1) is 9.81. The molecule has 0 saturated carbocycles. The highest BCUT2D eigenvalue weighted by Gasteiger charge is 2.30. The lowest BCUT2D eigenvalue weighted by Crippen LogP contribution is -2.01. The summed E-state index contributed by atoms with van der Waals surface area (Å²) < 4.78 is 27.5. The summed E-state index contributed by atoms with van der Waals surface area (Å²) in [6.45, 7) is 3.55. The number of hydrogen-bond donors (Lipinski definition) is 0. The number of benzene rings is 1. The fraction of sp³-hybridized carbons (Fsp3) is 0.333. The SMILES string of the molecule is CCOP(=O)(OCC)OC(=C(Cl)Cl)c1cc(Cl)cc(Cl)c1. The molecular weight excluding hydrogens is 381 g/mol. The number of hydrogen-bond acceptors (Lipinski definition) is 4. The van der Waals surface area contributed by atoms with Crippen LogP contribution in [0.15, 0.2) is 22.7 Å². The molecule has 0 amide bonds. The average molecular weight is 394 g/mol. The predicted molar refractivity (Wildman–Crippen MR) is 87.0 cm³/mol. The minimum Gasteiger partial charge on any atom is -0.401 e. The molecule has 1 aromatic carbocycles. The molecule has 0 aromatic heterocycles. The third kappa shape index (κ3) is 5.99. The standard InChI is InChI=1S/C12H13Cl4O4P/c1-3-18-21(17,19-4-2)20-11(12(15)16)8-5-9(13)7-10(14)6-8/h5-7H,3-4H2,1-2H3. The van der Waals surface area contributed by atoms with Crippen molar-refractivity contribution in [2.45, 2.75) is 13.8 Å². The van der Waals surface area contributed by atoms with Crippen LogP contribution in [0.2, 0.25) is 10.0 Å². The Labute approximate surface area is 143 Å². The monoisotopic (exact) mass is 392 g/mol. The van der Waals surface area contributed by atoms with E-state index < -0.39 is 7.82 Å². The van der Waals surface area contributed by atoms with Gasteiger partial charge in [-0.1, -0.05) is 46.4 Å². The van der Waals surface area contributed by atoms with Gasteiger partial charge in [0.2, 0.25) is 0 Å². The van der Waals surface area contributed by atoms with Crippen molar-refractivity contribution < 1.29 is 18.1 Å². The molecule has 0 N–H and O–H groups in total. The Morgan fingerprint density at radius 1 is 1.05 bits per heavy atom.